The van der Waals surface area contributed by atoms with Gasteiger partial charge in [-0.1, -0.05) is 24.4 Å². The molecule has 0 aromatic heterocycles. The lowest BCUT2D eigenvalue weighted by atomic mass is 10.0. The Hall–Kier alpha value is -1.53. The van der Waals surface area contributed by atoms with E-state index in [2.05, 4.69) is 5.32 Å². The van der Waals surface area contributed by atoms with Crippen LogP contribution < -0.4 is 5.32 Å². The van der Waals surface area contributed by atoms with Gasteiger partial charge in [0, 0.05) is 11.4 Å². The van der Waals surface area contributed by atoms with Crippen molar-refractivity contribution in [3.8, 4) is 6.07 Å². The van der Waals surface area contributed by atoms with Gasteiger partial charge < -0.3 is 5.32 Å². The molecule has 0 unspecified atom stereocenters. The summed E-state index contributed by atoms with van der Waals surface area (Å²) in [5.41, 5.74) is 0.951. The van der Waals surface area contributed by atoms with Gasteiger partial charge in [0.15, 0.2) is 0 Å². The summed E-state index contributed by atoms with van der Waals surface area (Å²) in [4.78, 5) is 11.9. The number of nitrogens with zero attached hydrogens (tertiary/aromatic N) is 1. The van der Waals surface area contributed by atoms with Gasteiger partial charge >= 0.3 is 0 Å². The summed E-state index contributed by atoms with van der Waals surface area (Å²) in [6, 6.07) is 6.93. The van der Waals surface area contributed by atoms with E-state index in [-0.39, 0.29) is 5.91 Å². The zero-order valence-electron chi connectivity index (χ0n) is 10.1. The van der Waals surface area contributed by atoms with Crippen LogP contribution in [0.1, 0.15) is 37.7 Å². The maximum Gasteiger partial charge on any atom is 0.224 e. The lowest BCUT2D eigenvalue weighted by Crippen LogP contribution is -2.15. The molecule has 0 aliphatic heterocycles. The lowest BCUT2D eigenvalue weighted by Gasteiger charge is -2.10. The fraction of sp³-hybridized carbons (Fsp3) is 0.429. The molecule has 0 saturated heterocycles. The number of carbonyl (C=O) groups is 1. The van der Waals surface area contributed by atoms with Crippen LogP contribution in [0.5, 0.6) is 0 Å². The number of nitrogens with one attached hydrogen (secondary N) is 1. The highest BCUT2D eigenvalue weighted by Crippen LogP contribution is 2.28. The first-order valence-corrected chi connectivity index (χ1v) is 6.56. The Morgan fingerprint density at radius 3 is 2.83 bits per heavy atom. The van der Waals surface area contributed by atoms with Gasteiger partial charge in [0.1, 0.15) is 6.07 Å². The monoisotopic (exact) mass is 262 g/mol. The van der Waals surface area contributed by atoms with Crippen LogP contribution in [0.2, 0.25) is 5.02 Å². The summed E-state index contributed by atoms with van der Waals surface area (Å²) in [6.07, 6.45) is 5.25. The van der Waals surface area contributed by atoms with Gasteiger partial charge in [0.25, 0.3) is 0 Å². The smallest absolute Gasteiger partial charge is 0.224 e. The Morgan fingerprint density at radius 1 is 1.44 bits per heavy atom. The van der Waals surface area contributed by atoms with Crippen LogP contribution in [-0.4, -0.2) is 5.91 Å². The Bertz CT molecular complexity index is 487. The van der Waals surface area contributed by atoms with Crippen LogP contribution in [-0.2, 0) is 4.79 Å². The van der Waals surface area contributed by atoms with Crippen molar-refractivity contribution in [3.63, 3.8) is 0 Å². The Morgan fingerprint density at radius 2 is 2.17 bits per heavy atom. The molecule has 94 valence electrons. The van der Waals surface area contributed by atoms with Gasteiger partial charge in [0.2, 0.25) is 5.91 Å². The first-order chi connectivity index (χ1) is 8.69. The van der Waals surface area contributed by atoms with E-state index in [1.165, 1.54) is 12.8 Å². The summed E-state index contributed by atoms with van der Waals surface area (Å²) < 4.78 is 0. The van der Waals surface area contributed by atoms with Crippen molar-refractivity contribution in [3.05, 3.63) is 28.8 Å². The topological polar surface area (TPSA) is 52.9 Å². The van der Waals surface area contributed by atoms with Gasteiger partial charge in [-0.15, -0.1) is 0 Å². The molecule has 0 radical (unpaired) electrons. The summed E-state index contributed by atoms with van der Waals surface area (Å²) >= 11 is 5.87. The molecular weight excluding hydrogens is 248 g/mol. The van der Waals surface area contributed by atoms with Crippen molar-refractivity contribution in [2.24, 2.45) is 5.92 Å². The molecule has 0 spiro atoms. The van der Waals surface area contributed by atoms with Crippen molar-refractivity contribution < 1.29 is 4.79 Å². The zero-order chi connectivity index (χ0) is 13.0. The molecule has 1 N–H and O–H groups in total. The maximum absolute atomic E-state index is 11.9. The second-order valence-corrected chi connectivity index (χ2v) is 5.14. The summed E-state index contributed by atoms with van der Waals surface area (Å²) in [5, 5.41) is 12.3. The number of anilines is 1. The van der Waals surface area contributed by atoms with Crippen molar-refractivity contribution in [1.29, 1.82) is 5.26 Å². The second-order valence-electron chi connectivity index (χ2n) is 4.70. The normalized spacial score (nSPS) is 15.3. The Labute approximate surface area is 112 Å². The first kappa shape index (κ1) is 12.9. The third kappa shape index (κ3) is 3.24. The number of halogens is 1. The Balaban J connectivity index is 2.02. The van der Waals surface area contributed by atoms with Crippen molar-refractivity contribution >= 4 is 23.2 Å². The minimum Gasteiger partial charge on any atom is -0.325 e. The van der Waals surface area contributed by atoms with Gasteiger partial charge in [-0.2, -0.15) is 5.26 Å². The van der Waals surface area contributed by atoms with E-state index in [0.29, 0.717) is 28.6 Å². The molecule has 18 heavy (non-hydrogen) atoms. The standard InChI is InChI=1S/C14H15ClN2O/c15-12-6-5-11(9-16)13(8-12)17-14(18)7-10-3-1-2-4-10/h5-6,8,10H,1-4,7H2,(H,17,18). The van der Waals surface area contributed by atoms with Gasteiger partial charge in [-0.05, 0) is 37.0 Å². The SMILES string of the molecule is N#Cc1ccc(Cl)cc1NC(=O)CC1CCCC1. The number of hydrogen-bond donors (Lipinski definition) is 1. The van der Waals surface area contributed by atoms with Crippen LogP contribution in [0.4, 0.5) is 5.69 Å². The summed E-state index contributed by atoms with van der Waals surface area (Å²) in [7, 11) is 0. The van der Waals surface area contributed by atoms with Crippen molar-refractivity contribution in [2.75, 3.05) is 5.32 Å². The minimum atomic E-state index is -0.0272. The number of benzene rings is 1. The van der Waals surface area contributed by atoms with Gasteiger partial charge in [0.05, 0.1) is 11.3 Å². The van der Waals surface area contributed by atoms with E-state index in [0.717, 1.165) is 12.8 Å². The predicted octanol–water partition coefficient (Wildman–Crippen LogP) is 3.73. The van der Waals surface area contributed by atoms with Gasteiger partial charge in [-0.25, -0.2) is 0 Å². The molecule has 1 aromatic rings. The molecule has 0 atom stereocenters. The maximum atomic E-state index is 11.9. The van der Waals surface area contributed by atoms with E-state index < -0.39 is 0 Å². The molecule has 1 fully saturated rings. The highest BCUT2D eigenvalue weighted by Gasteiger charge is 2.19. The fourth-order valence-electron chi connectivity index (χ4n) is 2.40. The molecule has 0 heterocycles. The van der Waals surface area contributed by atoms with E-state index in [1.54, 1.807) is 18.2 Å². The van der Waals surface area contributed by atoms with Crippen LogP contribution in [0.3, 0.4) is 0 Å². The molecule has 1 aliphatic carbocycles. The fourth-order valence-corrected chi connectivity index (χ4v) is 2.57. The third-order valence-corrected chi connectivity index (χ3v) is 3.56. The number of hydrogen-bond acceptors (Lipinski definition) is 2. The largest absolute Gasteiger partial charge is 0.325 e. The average molecular weight is 263 g/mol. The number of carbonyl (C=O) groups excluding carboxylic acids is 1. The molecule has 3 nitrogen and oxygen atoms in total. The minimum absolute atomic E-state index is 0.0272. The molecule has 2 rings (SSSR count). The van der Waals surface area contributed by atoms with Crippen LogP contribution in [0, 0.1) is 17.2 Å². The second kappa shape index (κ2) is 5.88. The molecule has 1 aliphatic rings. The van der Waals surface area contributed by atoms with Gasteiger partial charge in [-0.3, -0.25) is 4.79 Å². The number of rotatable bonds is 3. The van der Waals surface area contributed by atoms with E-state index in [4.69, 9.17) is 16.9 Å². The predicted molar refractivity (Wildman–Crippen MR) is 71.4 cm³/mol. The third-order valence-electron chi connectivity index (χ3n) is 3.32. The Kier molecular flexibility index (Phi) is 4.22. The number of amides is 1. The highest BCUT2D eigenvalue weighted by molar-refractivity contribution is 6.31. The molecule has 1 aromatic carbocycles. The molecule has 4 heteroatoms. The summed E-state index contributed by atoms with van der Waals surface area (Å²) in [5.74, 6) is 0.468. The number of nitriles is 1. The van der Waals surface area contributed by atoms with Crippen LogP contribution in [0.15, 0.2) is 18.2 Å². The van der Waals surface area contributed by atoms with Crippen LogP contribution >= 0.6 is 11.6 Å². The lowest BCUT2D eigenvalue weighted by molar-refractivity contribution is -0.117. The van der Waals surface area contributed by atoms with E-state index in [9.17, 15) is 4.79 Å². The first-order valence-electron chi connectivity index (χ1n) is 6.18. The molecule has 1 saturated carbocycles. The molecular formula is C14H15ClN2O. The van der Waals surface area contributed by atoms with Crippen molar-refractivity contribution in [2.45, 2.75) is 32.1 Å². The highest BCUT2D eigenvalue weighted by atomic mass is 35.5. The molecule has 1 amide bonds. The van der Waals surface area contributed by atoms with E-state index in [1.807, 2.05) is 6.07 Å². The average Bonchev–Trinajstić information content (AvgIpc) is 2.82. The van der Waals surface area contributed by atoms with Crippen molar-refractivity contribution in [1.82, 2.24) is 0 Å². The van der Waals surface area contributed by atoms with Crippen LogP contribution in [0.25, 0.3) is 0 Å². The summed E-state index contributed by atoms with van der Waals surface area (Å²) in [6.45, 7) is 0. The quantitative estimate of drug-likeness (QED) is 0.902. The van der Waals surface area contributed by atoms with E-state index >= 15 is 0 Å². The molecule has 0 bridgehead atoms. The zero-order valence-corrected chi connectivity index (χ0v) is 10.8.